The van der Waals surface area contributed by atoms with Crippen molar-refractivity contribution in [2.75, 3.05) is 44.4 Å². The molecule has 154 valence electrons. The molecule has 1 aliphatic rings. The second kappa shape index (κ2) is 8.50. The van der Waals surface area contributed by atoms with Gasteiger partial charge in [0.15, 0.2) is 0 Å². The lowest BCUT2D eigenvalue weighted by Crippen LogP contribution is -2.55. The first-order valence-electron chi connectivity index (χ1n) is 9.24. The number of aromatic nitrogens is 5. The second-order valence-electron chi connectivity index (χ2n) is 7.47. The van der Waals surface area contributed by atoms with Gasteiger partial charge in [-0.2, -0.15) is 5.10 Å². The van der Waals surface area contributed by atoms with Crippen LogP contribution in [-0.2, 0) is 9.53 Å². The van der Waals surface area contributed by atoms with Gasteiger partial charge >= 0.3 is 0 Å². The summed E-state index contributed by atoms with van der Waals surface area (Å²) >= 11 is 1.25. The summed E-state index contributed by atoms with van der Waals surface area (Å²) in [6.07, 6.45) is 0. The van der Waals surface area contributed by atoms with Gasteiger partial charge in [0.25, 0.3) is 5.95 Å². The predicted octanol–water partition coefficient (Wildman–Crippen LogP) is 0.114. The van der Waals surface area contributed by atoms with Crippen LogP contribution in [0, 0.1) is 13.8 Å². The molecule has 1 saturated heterocycles. The van der Waals surface area contributed by atoms with Gasteiger partial charge in [0, 0.05) is 30.9 Å². The van der Waals surface area contributed by atoms with E-state index in [0.29, 0.717) is 17.6 Å². The molecule has 0 unspecified atom stereocenters. The third kappa shape index (κ3) is 4.65. The highest BCUT2D eigenvalue weighted by Crippen LogP contribution is 2.18. The number of carbonyl (C=O) groups excluding carboxylic acids is 1. The minimum atomic E-state index is -0.124. The van der Waals surface area contributed by atoms with Gasteiger partial charge in [-0.1, -0.05) is 11.8 Å². The largest absolute Gasteiger partial charge is 0.379 e. The number of rotatable bonds is 7. The van der Waals surface area contributed by atoms with E-state index in [2.05, 4.69) is 39.4 Å². The normalized spacial score (nSPS) is 15.7. The van der Waals surface area contributed by atoms with E-state index in [4.69, 9.17) is 10.6 Å². The van der Waals surface area contributed by atoms with E-state index in [1.807, 2.05) is 19.9 Å². The zero-order chi connectivity index (χ0) is 20.3. The van der Waals surface area contributed by atoms with E-state index in [9.17, 15) is 4.79 Å². The molecule has 0 radical (unpaired) electrons. The van der Waals surface area contributed by atoms with Gasteiger partial charge in [0.2, 0.25) is 11.1 Å². The number of hydrogen-bond acceptors (Lipinski definition) is 8. The first-order valence-corrected chi connectivity index (χ1v) is 10.2. The maximum absolute atomic E-state index is 12.3. The lowest BCUT2D eigenvalue weighted by Gasteiger charge is -2.40. The fourth-order valence-electron chi connectivity index (χ4n) is 3.12. The topological polar surface area (TPSA) is 116 Å². The van der Waals surface area contributed by atoms with Crippen LogP contribution in [0.2, 0.25) is 0 Å². The monoisotopic (exact) mass is 408 g/mol. The molecule has 10 nitrogen and oxygen atoms in total. The minimum Gasteiger partial charge on any atom is -0.379 e. The molecule has 2 aromatic rings. The number of nitrogens with two attached hydrogens (primary N) is 1. The SMILES string of the molecule is Cc1cc(C)n(-c2nnc(SCC(=O)NCC(C)(C)N3CCOCC3)n2N)n1. The van der Waals surface area contributed by atoms with Crippen LogP contribution in [0.1, 0.15) is 25.2 Å². The molecule has 0 aromatic carbocycles. The smallest absolute Gasteiger partial charge is 0.271 e. The van der Waals surface area contributed by atoms with Gasteiger partial charge in [0.1, 0.15) is 0 Å². The number of nitrogen functional groups attached to an aromatic ring is 1. The molecule has 1 fully saturated rings. The fourth-order valence-corrected chi connectivity index (χ4v) is 3.80. The number of amides is 1. The Hall–Kier alpha value is -2.11. The molecule has 0 aliphatic carbocycles. The molecular weight excluding hydrogens is 380 g/mol. The molecule has 28 heavy (non-hydrogen) atoms. The van der Waals surface area contributed by atoms with E-state index < -0.39 is 0 Å². The fraction of sp³-hybridized carbons (Fsp3) is 0.647. The van der Waals surface area contributed by atoms with Crippen LogP contribution < -0.4 is 11.2 Å². The zero-order valence-corrected chi connectivity index (χ0v) is 17.6. The summed E-state index contributed by atoms with van der Waals surface area (Å²) in [5.74, 6) is 6.67. The van der Waals surface area contributed by atoms with Crippen LogP contribution in [0.5, 0.6) is 0 Å². The average molecular weight is 409 g/mol. The standard InChI is InChI=1S/C17H28N8O2S/c1-12-9-13(2)25(22-12)15-20-21-16(24(15)18)28-10-14(26)19-11-17(3,4)23-5-7-27-8-6-23/h9H,5-8,10-11,18H2,1-4H3,(H,19,26). The van der Waals surface area contributed by atoms with E-state index >= 15 is 0 Å². The number of morpholine rings is 1. The van der Waals surface area contributed by atoms with Crippen molar-refractivity contribution < 1.29 is 9.53 Å². The summed E-state index contributed by atoms with van der Waals surface area (Å²) in [6, 6.07) is 1.94. The number of aryl methyl sites for hydroxylation is 2. The lowest BCUT2D eigenvalue weighted by atomic mass is 10.0. The average Bonchev–Trinajstić information content (AvgIpc) is 3.20. The third-order valence-corrected chi connectivity index (χ3v) is 5.71. The number of hydrogen-bond donors (Lipinski definition) is 2. The van der Waals surface area contributed by atoms with Gasteiger partial charge in [-0.05, 0) is 33.8 Å². The molecule has 1 amide bonds. The van der Waals surface area contributed by atoms with Gasteiger partial charge < -0.3 is 15.9 Å². The maximum Gasteiger partial charge on any atom is 0.271 e. The van der Waals surface area contributed by atoms with E-state index in [0.717, 1.165) is 37.7 Å². The lowest BCUT2D eigenvalue weighted by molar-refractivity contribution is -0.119. The third-order valence-electron chi connectivity index (χ3n) is 4.76. The molecule has 1 aliphatic heterocycles. The van der Waals surface area contributed by atoms with Crippen molar-refractivity contribution >= 4 is 17.7 Å². The molecule has 2 aromatic heterocycles. The highest BCUT2D eigenvalue weighted by atomic mass is 32.2. The summed E-state index contributed by atoms with van der Waals surface area (Å²) in [4.78, 5) is 14.6. The molecule has 0 bridgehead atoms. The predicted molar refractivity (Wildman–Crippen MR) is 107 cm³/mol. The molecule has 11 heteroatoms. The number of carbonyl (C=O) groups is 1. The summed E-state index contributed by atoms with van der Waals surface area (Å²) in [6.45, 7) is 11.9. The molecular formula is C17H28N8O2S. The van der Waals surface area contributed by atoms with E-state index in [1.54, 1.807) is 4.68 Å². The van der Waals surface area contributed by atoms with Crippen molar-refractivity contribution in [1.82, 2.24) is 34.9 Å². The van der Waals surface area contributed by atoms with Crippen LogP contribution in [0.25, 0.3) is 5.95 Å². The Labute approximate surface area is 168 Å². The van der Waals surface area contributed by atoms with Crippen LogP contribution in [0.3, 0.4) is 0 Å². The van der Waals surface area contributed by atoms with Crippen molar-refractivity contribution in [3.63, 3.8) is 0 Å². The maximum atomic E-state index is 12.3. The van der Waals surface area contributed by atoms with Crippen LogP contribution >= 0.6 is 11.8 Å². The van der Waals surface area contributed by atoms with Crippen molar-refractivity contribution in [3.8, 4) is 5.95 Å². The number of nitrogens with one attached hydrogen (secondary N) is 1. The summed E-state index contributed by atoms with van der Waals surface area (Å²) < 4.78 is 8.39. The van der Waals surface area contributed by atoms with Crippen molar-refractivity contribution in [2.24, 2.45) is 0 Å². The zero-order valence-electron chi connectivity index (χ0n) is 16.8. The number of ether oxygens (including phenoxy) is 1. The Balaban J connectivity index is 1.53. The summed E-state index contributed by atoms with van der Waals surface area (Å²) in [5, 5.41) is 16.0. The Morgan fingerprint density at radius 3 is 2.68 bits per heavy atom. The Morgan fingerprint density at radius 2 is 2.04 bits per heavy atom. The molecule has 3 heterocycles. The van der Waals surface area contributed by atoms with Crippen LogP contribution in [0.4, 0.5) is 0 Å². The van der Waals surface area contributed by atoms with E-state index in [1.165, 1.54) is 16.4 Å². The Kier molecular flexibility index (Phi) is 6.26. The minimum absolute atomic E-state index is 0.0676. The van der Waals surface area contributed by atoms with E-state index in [-0.39, 0.29) is 17.2 Å². The summed E-state index contributed by atoms with van der Waals surface area (Å²) in [5.41, 5.74) is 1.66. The first-order chi connectivity index (χ1) is 13.3. The number of nitrogens with zero attached hydrogens (tertiary/aromatic N) is 6. The molecule has 0 atom stereocenters. The van der Waals surface area contributed by atoms with Gasteiger partial charge in [-0.15, -0.1) is 10.2 Å². The van der Waals surface area contributed by atoms with Crippen LogP contribution in [0.15, 0.2) is 11.2 Å². The quantitative estimate of drug-likeness (QED) is 0.490. The molecule has 3 N–H and O–H groups in total. The second-order valence-corrected chi connectivity index (χ2v) is 8.41. The number of thioether (sulfide) groups is 1. The molecule has 0 saturated carbocycles. The van der Waals surface area contributed by atoms with Crippen molar-refractivity contribution in [1.29, 1.82) is 0 Å². The van der Waals surface area contributed by atoms with Crippen molar-refractivity contribution in [2.45, 2.75) is 38.4 Å². The van der Waals surface area contributed by atoms with Gasteiger partial charge in [-0.3, -0.25) is 9.69 Å². The Bertz CT molecular complexity index is 825. The highest BCUT2D eigenvalue weighted by Gasteiger charge is 2.28. The van der Waals surface area contributed by atoms with Crippen molar-refractivity contribution in [3.05, 3.63) is 17.5 Å². The summed E-state index contributed by atoms with van der Waals surface area (Å²) in [7, 11) is 0. The highest BCUT2D eigenvalue weighted by molar-refractivity contribution is 7.99. The van der Waals surface area contributed by atoms with Crippen LogP contribution in [-0.4, -0.2) is 79.6 Å². The molecule has 0 spiro atoms. The Morgan fingerprint density at radius 1 is 1.32 bits per heavy atom. The first kappa shape index (κ1) is 20.6. The van der Waals surface area contributed by atoms with Gasteiger partial charge in [0.05, 0.1) is 24.7 Å². The van der Waals surface area contributed by atoms with Gasteiger partial charge in [-0.25, -0.2) is 9.36 Å². The molecule has 3 rings (SSSR count).